The third kappa shape index (κ3) is 5.58. The Morgan fingerprint density at radius 1 is 1.10 bits per heavy atom. The Hall–Kier alpha value is -1.23. The fourth-order valence-electron chi connectivity index (χ4n) is 2.82. The van der Waals surface area contributed by atoms with Crippen molar-refractivity contribution in [3.63, 3.8) is 0 Å². The molecule has 21 heavy (non-hydrogen) atoms. The minimum atomic E-state index is -4.67. The quantitative estimate of drug-likeness (QED) is 0.724. The highest BCUT2D eigenvalue weighted by atomic mass is 19.4. The van der Waals surface area contributed by atoms with Crippen LogP contribution in [-0.4, -0.2) is 13.4 Å². The smallest absolute Gasteiger partial charge is 0.405 e. The molecule has 1 N–H and O–H groups in total. The number of halogens is 3. The summed E-state index contributed by atoms with van der Waals surface area (Å²) in [6.07, 6.45) is -0.713. The van der Waals surface area contributed by atoms with Gasteiger partial charge in [0.1, 0.15) is 5.75 Å². The van der Waals surface area contributed by atoms with Gasteiger partial charge in [-0.1, -0.05) is 44.9 Å². The number of hydrogen-bond donors (Lipinski definition) is 1. The van der Waals surface area contributed by atoms with Crippen molar-refractivity contribution in [3.8, 4) is 5.75 Å². The molecule has 0 amide bonds. The minimum absolute atomic E-state index is 0.110. The molecular weight excluding hydrogens is 279 g/mol. The zero-order valence-corrected chi connectivity index (χ0v) is 12.8. The number of alkyl halides is 3. The van der Waals surface area contributed by atoms with Crippen LogP contribution in [-0.2, 0) is 0 Å². The largest absolute Gasteiger partial charge is 0.573 e. The molecule has 2 nitrogen and oxygen atoms in total. The standard InChI is InChI=1S/C16H24F3NO/c1-4-8-12(9-5-2)15(20-3)13-10-6-7-11-14(13)21-16(17,18)19/h6-7,10-12,15,20H,4-5,8-9H2,1-3H3. The maximum Gasteiger partial charge on any atom is 0.573 e. The van der Waals surface area contributed by atoms with Crippen molar-refractivity contribution >= 4 is 0 Å². The van der Waals surface area contributed by atoms with Crippen molar-refractivity contribution < 1.29 is 17.9 Å². The Morgan fingerprint density at radius 3 is 2.14 bits per heavy atom. The van der Waals surface area contributed by atoms with Crippen molar-refractivity contribution in [1.82, 2.24) is 5.32 Å². The van der Waals surface area contributed by atoms with Crippen LogP contribution in [0.15, 0.2) is 24.3 Å². The molecule has 1 aromatic rings. The second-order valence-electron chi connectivity index (χ2n) is 5.19. The van der Waals surface area contributed by atoms with E-state index in [0.717, 1.165) is 25.7 Å². The van der Waals surface area contributed by atoms with Gasteiger partial charge < -0.3 is 10.1 Å². The summed E-state index contributed by atoms with van der Waals surface area (Å²) in [5.41, 5.74) is 0.573. The predicted molar refractivity (Wildman–Crippen MR) is 78.2 cm³/mol. The Kier molecular flexibility index (Phi) is 7.02. The van der Waals surface area contributed by atoms with Crippen molar-refractivity contribution in [2.45, 2.75) is 51.9 Å². The fraction of sp³-hybridized carbons (Fsp3) is 0.625. The van der Waals surface area contributed by atoms with E-state index in [1.54, 1.807) is 25.2 Å². The monoisotopic (exact) mass is 303 g/mol. The highest BCUT2D eigenvalue weighted by Gasteiger charge is 2.33. The summed E-state index contributed by atoms with van der Waals surface area (Å²) >= 11 is 0. The summed E-state index contributed by atoms with van der Waals surface area (Å²) in [4.78, 5) is 0. The molecule has 0 saturated heterocycles. The molecule has 1 aromatic carbocycles. The first-order chi connectivity index (χ1) is 9.92. The van der Waals surface area contributed by atoms with Gasteiger partial charge in [-0.2, -0.15) is 0 Å². The molecule has 0 aliphatic carbocycles. The van der Waals surface area contributed by atoms with Crippen molar-refractivity contribution in [3.05, 3.63) is 29.8 Å². The molecule has 0 aliphatic heterocycles. The van der Waals surface area contributed by atoms with Crippen LogP contribution in [0.25, 0.3) is 0 Å². The molecular formula is C16H24F3NO. The Balaban J connectivity index is 3.08. The molecule has 0 bridgehead atoms. The SMILES string of the molecule is CCCC(CCC)C(NC)c1ccccc1OC(F)(F)F. The maximum atomic E-state index is 12.5. The molecule has 0 aliphatic rings. The number of ether oxygens (including phenoxy) is 1. The molecule has 1 unspecified atom stereocenters. The van der Waals surface area contributed by atoms with Gasteiger partial charge in [0.2, 0.25) is 0 Å². The second-order valence-corrected chi connectivity index (χ2v) is 5.19. The Morgan fingerprint density at radius 2 is 1.67 bits per heavy atom. The Labute approximate surface area is 124 Å². The van der Waals surface area contributed by atoms with E-state index in [0.29, 0.717) is 11.5 Å². The zero-order valence-electron chi connectivity index (χ0n) is 12.8. The van der Waals surface area contributed by atoms with Crippen LogP contribution in [0.2, 0.25) is 0 Å². The fourth-order valence-corrected chi connectivity index (χ4v) is 2.82. The zero-order chi connectivity index (χ0) is 15.9. The number of nitrogens with one attached hydrogen (secondary N) is 1. The summed E-state index contributed by atoms with van der Waals surface area (Å²) in [5.74, 6) is 0.185. The van der Waals surface area contributed by atoms with Crippen LogP contribution in [0.5, 0.6) is 5.75 Å². The van der Waals surface area contributed by atoms with Crippen LogP contribution in [0.1, 0.15) is 51.1 Å². The summed E-state index contributed by atoms with van der Waals surface area (Å²) in [6, 6.07) is 6.26. The van der Waals surface area contributed by atoms with Gasteiger partial charge in [0.05, 0.1) is 0 Å². The lowest BCUT2D eigenvalue weighted by molar-refractivity contribution is -0.275. The summed E-state index contributed by atoms with van der Waals surface area (Å²) in [6.45, 7) is 4.18. The normalized spacial score (nSPS) is 13.5. The van der Waals surface area contributed by atoms with Crippen LogP contribution < -0.4 is 10.1 Å². The predicted octanol–water partition coefficient (Wildman–Crippen LogP) is 5.06. The van der Waals surface area contributed by atoms with Crippen molar-refractivity contribution in [2.75, 3.05) is 7.05 Å². The lowest BCUT2D eigenvalue weighted by Gasteiger charge is -2.28. The first kappa shape index (κ1) is 17.8. The average Bonchev–Trinajstić information content (AvgIpc) is 2.40. The van der Waals surface area contributed by atoms with Crippen LogP contribution in [0, 0.1) is 5.92 Å². The van der Waals surface area contributed by atoms with E-state index >= 15 is 0 Å². The molecule has 0 spiro atoms. The third-order valence-electron chi connectivity index (χ3n) is 3.58. The Bertz CT molecular complexity index is 414. The molecule has 0 saturated carbocycles. The highest BCUT2D eigenvalue weighted by molar-refractivity contribution is 5.36. The number of para-hydroxylation sites is 1. The molecule has 1 atom stereocenters. The van der Waals surface area contributed by atoms with Gasteiger partial charge in [-0.3, -0.25) is 0 Å². The molecule has 0 aromatic heterocycles. The molecule has 5 heteroatoms. The first-order valence-electron chi connectivity index (χ1n) is 7.44. The molecule has 0 radical (unpaired) electrons. The summed E-state index contributed by atoms with van der Waals surface area (Å²) in [5, 5.41) is 3.17. The van der Waals surface area contributed by atoms with Gasteiger partial charge >= 0.3 is 6.36 Å². The van der Waals surface area contributed by atoms with Crippen LogP contribution >= 0.6 is 0 Å². The van der Waals surface area contributed by atoms with Crippen LogP contribution in [0.4, 0.5) is 13.2 Å². The number of benzene rings is 1. The highest BCUT2D eigenvalue weighted by Crippen LogP contribution is 2.36. The minimum Gasteiger partial charge on any atom is -0.405 e. The maximum absolute atomic E-state index is 12.5. The van der Waals surface area contributed by atoms with E-state index in [1.807, 2.05) is 0 Å². The third-order valence-corrected chi connectivity index (χ3v) is 3.58. The van der Waals surface area contributed by atoms with E-state index < -0.39 is 6.36 Å². The van der Waals surface area contributed by atoms with Gasteiger partial charge in [0.15, 0.2) is 0 Å². The van der Waals surface area contributed by atoms with Crippen LogP contribution in [0.3, 0.4) is 0 Å². The van der Waals surface area contributed by atoms with E-state index in [9.17, 15) is 13.2 Å². The second kappa shape index (κ2) is 8.27. The average molecular weight is 303 g/mol. The molecule has 0 fully saturated rings. The number of hydrogen-bond acceptors (Lipinski definition) is 2. The van der Waals surface area contributed by atoms with Gasteiger partial charge in [-0.05, 0) is 31.9 Å². The lowest BCUT2D eigenvalue weighted by atomic mass is 9.86. The lowest BCUT2D eigenvalue weighted by Crippen LogP contribution is -2.27. The van der Waals surface area contributed by atoms with Gasteiger partial charge in [0.25, 0.3) is 0 Å². The van der Waals surface area contributed by atoms with Crippen molar-refractivity contribution in [2.24, 2.45) is 5.92 Å². The first-order valence-corrected chi connectivity index (χ1v) is 7.44. The molecule has 1 rings (SSSR count). The van der Waals surface area contributed by atoms with E-state index in [1.165, 1.54) is 6.07 Å². The number of rotatable bonds is 8. The topological polar surface area (TPSA) is 21.3 Å². The molecule has 0 heterocycles. The summed E-state index contributed by atoms with van der Waals surface area (Å²) in [7, 11) is 1.79. The van der Waals surface area contributed by atoms with Crippen molar-refractivity contribution in [1.29, 1.82) is 0 Å². The molecule has 120 valence electrons. The van der Waals surface area contributed by atoms with E-state index in [-0.39, 0.29) is 11.8 Å². The van der Waals surface area contributed by atoms with E-state index in [2.05, 4.69) is 23.9 Å². The van der Waals surface area contributed by atoms with E-state index in [4.69, 9.17) is 0 Å². The van der Waals surface area contributed by atoms with Gasteiger partial charge in [0, 0.05) is 11.6 Å². The van der Waals surface area contributed by atoms with Gasteiger partial charge in [-0.25, -0.2) is 0 Å². The van der Waals surface area contributed by atoms with Gasteiger partial charge in [-0.15, -0.1) is 13.2 Å². The summed E-state index contributed by atoms with van der Waals surface area (Å²) < 4.78 is 41.8.